The summed E-state index contributed by atoms with van der Waals surface area (Å²) >= 11 is 0. The molecule has 6 nitrogen and oxygen atoms in total. The van der Waals surface area contributed by atoms with E-state index in [0.29, 0.717) is 6.54 Å². The first-order valence-electron chi connectivity index (χ1n) is 9.93. The standard InChI is InChI=1S/C21H33N3O3/c1-4-16(2)20(21(26)27)22-14-19(25)24-11-7-10-23(12-13-24)15-18-9-6-5-8-17(18)3/h5-6,8-9,16,20,22H,4,7,10-15H2,1-3H3,(H,26,27)/t16-,20-/m0/s1. The van der Waals surface area contributed by atoms with Crippen molar-refractivity contribution in [1.29, 1.82) is 0 Å². The molecule has 0 aromatic heterocycles. The Kier molecular flexibility index (Phi) is 8.25. The Morgan fingerprint density at radius 1 is 1.19 bits per heavy atom. The van der Waals surface area contributed by atoms with Crippen LogP contribution in [0.4, 0.5) is 0 Å². The van der Waals surface area contributed by atoms with Crippen molar-refractivity contribution in [2.45, 2.75) is 46.2 Å². The third kappa shape index (κ3) is 6.33. The van der Waals surface area contributed by atoms with Crippen LogP contribution in [0.2, 0.25) is 0 Å². The van der Waals surface area contributed by atoms with E-state index >= 15 is 0 Å². The number of nitrogens with zero attached hydrogens (tertiary/aromatic N) is 2. The van der Waals surface area contributed by atoms with Gasteiger partial charge in [0.15, 0.2) is 0 Å². The van der Waals surface area contributed by atoms with Gasteiger partial charge in [0.25, 0.3) is 0 Å². The van der Waals surface area contributed by atoms with Crippen LogP contribution in [0.25, 0.3) is 0 Å². The van der Waals surface area contributed by atoms with Crippen LogP contribution in [-0.2, 0) is 16.1 Å². The summed E-state index contributed by atoms with van der Waals surface area (Å²) in [5.41, 5.74) is 2.63. The molecule has 0 unspecified atom stereocenters. The molecule has 1 fully saturated rings. The van der Waals surface area contributed by atoms with Crippen molar-refractivity contribution in [2.75, 3.05) is 32.7 Å². The highest BCUT2D eigenvalue weighted by Crippen LogP contribution is 2.13. The van der Waals surface area contributed by atoms with Crippen LogP contribution in [0.15, 0.2) is 24.3 Å². The van der Waals surface area contributed by atoms with E-state index in [-0.39, 0.29) is 18.4 Å². The highest BCUT2D eigenvalue weighted by molar-refractivity contribution is 5.80. The Bertz CT molecular complexity index is 635. The third-order valence-corrected chi connectivity index (χ3v) is 5.55. The molecule has 1 amide bonds. The summed E-state index contributed by atoms with van der Waals surface area (Å²) in [7, 11) is 0. The Hall–Kier alpha value is -1.92. The molecule has 2 rings (SSSR count). The smallest absolute Gasteiger partial charge is 0.320 e. The minimum Gasteiger partial charge on any atom is -0.480 e. The van der Waals surface area contributed by atoms with Gasteiger partial charge in [0.1, 0.15) is 6.04 Å². The molecular formula is C21H33N3O3. The third-order valence-electron chi connectivity index (χ3n) is 5.55. The number of aryl methyl sites for hydroxylation is 1. The second-order valence-corrected chi connectivity index (χ2v) is 7.52. The largest absolute Gasteiger partial charge is 0.480 e. The lowest BCUT2D eigenvalue weighted by molar-refractivity contribution is -0.141. The zero-order chi connectivity index (χ0) is 19.8. The maximum Gasteiger partial charge on any atom is 0.320 e. The lowest BCUT2D eigenvalue weighted by Crippen LogP contribution is -2.48. The summed E-state index contributed by atoms with van der Waals surface area (Å²) < 4.78 is 0. The highest BCUT2D eigenvalue weighted by atomic mass is 16.4. The maximum absolute atomic E-state index is 12.6. The Balaban J connectivity index is 1.85. The van der Waals surface area contributed by atoms with Gasteiger partial charge in [-0.1, -0.05) is 44.5 Å². The summed E-state index contributed by atoms with van der Waals surface area (Å²) in [6.45, 7) is 10.2. The monoisotopic (exact) mass is 375 g/mol. The first-order chi connectivity index (χ1) is 12.9. The minimum absolute atomic E-state index is 0.0102. The van der Waals surface area contributed by atoms with E-state index in [9.17, 15) is 14.7 Å². The number of carbonyl (C=O) groups excluding carboxylic acids is 1. The van der Waals surface area contributed by atoms with Gasteiger partial charge in [0.05, 0.1) is 6.54 Å². The topological polar surface area (TPSA) is 72.9 Å². The van der Waals surface area contributed by atoms with E-state index < -0.39 is 12.0 Å². The fourth-order valence-corrected chi connectivity index (χ4v) is 3.48. The molecule has 1 heterocycles. The summed E-state index contributed by atoms with van der Waals surface area (Å²) in [5.74, 6) is -0.913. The van der Waals surface area contributed by atoms with Crippen molar-refractivity contribution < 1.29 is 14.7 Å². The molecule has 1 saturated heterocycles. The van der Waals surface area contributed by atoms with Gasteiger partial charge in [-0.25, -0.2) is 0 Å². The van der Waals surface area contributed by atoms with Crippen molar-refractivity contribution >= 4 is 11.9 Å². The van der Waals surface area contributed by atoms with Gasteiger partial charge >= 0.3 is 5.97 Å². The number of aliphatic carboxylic acids is 1. The van der Waals surface area contributed by atoms with Gasteiger partial charge in [-0.15, -0.1) is 0 Å². The molecule has 0 aliphatic carbocycles. The number of hydrogen-bond acceptors (Lipinski definition) is 4. The normalized spacial score (nSPS) is 18.0. The van der Waals surface area contributed by atoms with Crippen LogP contribution in [0, 0.1) is 12.8 Å². The molecule has 1 aliphatic heterocycles. The number of rotatable bonds is 8. The maximum atomic E-state index is 12.6. The highest BCUT2D eigenvalue weighted by Gasteiger charge is 2.25. The van der Waals surface area contributed by atoms with Gasteiger partial charge in [-0.05, 0) is 30.4 Å². The van der Waals surface area contributed by atoms with Crippen LogP contribution in [0.3, 0.4) is 0 Å². The molecule has 2 N–H and O–H groups in total. The van der Waals surface area contributed by atoms with E-state index in [0.717, 1.165) is 39.0 Å². The molecule has 1 aliphatic rings. The second-order valence-electron chi connectivity index (χ2n) is 7.52. The van der Waals surface area contributed by atoms with Gasteiger partial charge in [-0.3, -0.25) is 19.8 Å². The second kappa shape index (κ2) is 10.4. The fourth-order valence-electron chi connectivity index (χ4n) is 3.48. The van der Waals surface area contributed by atoms with E-state index in [1.807, 2.05) is 18.7 Å². The molecule has 0 bridgehead atoms. The molecule has 0 saturated carbocycles. The summed E-state index contributed by atoms with van der Waals surface area (Å²) in [5, 5.41) is 12.3. The Labute approximate surface area is 162 Å². The van der Waals surface area contributed by atoms with Gasteiger partial charge in [-0.2, -0.15) is 0 Å². The molecular weight excluding hydrogens is 342 g/mol. The van der Waals surface area contributed by atoms with Crippen LogP contribution >= 0.6 is 0 Å². The van der Waals surface area contributed by atoms with Crippen LogP contribution < -0.4 is 5.32 Å². The van der Waals surface area contributed by atoms with Crippen LogP contribution in [0.1, 0.15) is 37.8 Å². The van der Waals surface area contributed by atoms with Crippen molar-refractivity contribution in [1.82, 2.24) is 15.1 Å². The number of carbonyl (C=O) groups is 2. The van der Waals surface area contributed by atoms with Gasteiger partial charge in [0.2, 0.25) is 5.91 Å². The summed E-state index contributed by atoms with van der Waals surface area (Å²) in [6, 6.07) is 7.73. The van der Waals surface area contributed by atoms with E-state index in [4.69, 9.17) is 0 Å². The number of benzene rings is 1. The molecule has 1 aromatic carbocycles. The van der Waals surface area contributed by atoms with Gasteiger partial charge in [0, 0.05) is 32.7 Å². The summed E-state index contributed by atoms with van der Waals surface area (Å²) in [4.78, 5) is 28.2. The average Bonchev–Trinajstić information content (AvgIpc) is 2.88. The number of carboxylic acids is 1. The van der Waals surface area contributed by atoms with E-state index in [2.05, 4.69) is 41.4 Å². The lowest BCUT2D eigenvalue weighted by atomic mass is 9.99. The van der Waals surface area contributed by atoms with Crippen molar-refractivity contribution in [3.8, 4) is 0 Å². The molecule has 1 aromatic rings. The molecule has 2 atom stereocenters. The predicted octanol–water partition coefficient (Wildman–Crippen LogP) is 2.12. The number of carboxylic acid groups (broad SMARTS) is 1. The molecule has 150 valence electrons. The SMILES string of the molecule is CC[C@H](C)[C@H](NCC(=O)N1CCCN(Cc2ccccc2C)CC1)C(=O)O. The first-order valence-corrected chi connectivity index (χ1v) is 9.93. The van der Waals surface area contributed by atoms with Crippen LogP contribution in [0.5, 0.6) is 0 Å². The van der Waals surface area contributed by atoms with Crippen molar-refractivity contribution in [2.24, 2.45) is 5.92 Å². The molecule has 6 heteroatoms. The van der Waals surface area contributed by atoms with Gasteiger partial charge < -0.3 is 10.0 Å². The van der Waals surface area contributed by atoms with Crippen molar-refractivity contribution in [3.05, 3.63) is 35.4 Å². The number of amides is 1. The number of hydrogen-bond donors (Lipinski definition) is 2. The predicted molar refractivity (Wildman–Crippen MR) is 107 cm³/mol. The minimum atomic E-state index is -0.891. The van der Waals surface area contributed by atoms with Crippen molar-refractivity contribution in [3.63, 3.8) is 0 Å². The van der Waals surface area contributed by atoms with Crippen LogP contribution in [-0.4, -0.2) is 65.5 Å². The fraction of sp³-hybridized carbons (Fsp3) is 0.619. The quantitative estimate of drug-likeness (QED) is 0.728. The lowest BCUT2D eigenvalue weighted by Gasteiger charge is -2.24. The average molecular weight is 376 g/mol. The first kappa shape index (κ1) is 21.4. The van der Waals surface area contributed by atoms with E-state index in [1.54, 1.807) is 0 Å². The molecule has 0 spiro atoms. The Morgan fingerprint density at radius 3 is 2.59 bits per heavy atom. The zero-order valence-corrected chi connectivity index (χ0v) is 16.8. The zero-order valence-electron chi connectivity index (χ0n) is 16.8. The Morgan fingerprint density at radius 2 is 1.93 bits per heavy atom. The molecule has 27 heavy (non-hydrogen) atoms. The molecule has 0 radical (unpaired) electrons. The summed E-state index contributed by atoms with van der Waals surface area (Å²) in [6.07, 6.45) is 1.70. The van der Waals surface area contributed by atoms with E-state index in [1.165, 1.54) is 11.1 Å². The number of nitrogens with one attached hydrogen (secondary N) is 1.